The number of hydrogen-bond donors (Lipinski definition) is 0. The van der Waals surface area contributed by atoms with Crippen LogP contribution in [0.2, 0.25) is 19.6 Å². The van der Waals surface area contributed by atoms with Crippen molar-refractivity contribution >= 4 is 35.2 Å². The normalized spacial score (nSPS) is 11.3. The SMILES string of the molecule is CC(C)(C)c1cc(-c2ccccc2)c2oc3c(-c4cc(-c5ccccc5)ccn4)cccc3c2c1.CC(C)c1cc(-c2ccccc2)ncc1[Si](C)(C)C.CCc1ccnc(-c2ccccc2)c1.[Ir]. The molecule has 0 aliphatic rings. The minimum Gasteiger partial charge on any atom is -0.455 e. The van der Waals surface area contributed by atoms with Crippen molar-refractivity contribution in [2.45, 2.75) is 78.9 Å². The minimum atomic E-state index is -1.33. The Hall–Kier alpha value is -6.56. The molecule has 0 fully saturated rings. The predicted molar refractivity (Wildman–Crippen MR) is 292 cm³/mol. The molecule has 6 heteroatoms. The molecule has 349 valence electrons. The Balaban J connectivity index is 0.000000173. The molecule has 1 radical (unpaired) electrons. The van der Waals surface area contributed by atoms with E-state index in [0.717, 1.165) is 67.7 Å². The van der Waals surface area contributed by atoms with Gasteiger partial charge in [-0.1, -0.05) is 195 Å². The summed E-state index contributed by atoms with van der Waals surface area (Å²) in [6.07, 6.45) is 6.93. The maximum atomic E-state index is 6.70. The third-order valence-electron chi connectivity index (χ3n) is 12.4. The minimum absolute atomic E-state index is 0. The fourth-order valence-corrected chi connectivity index (χ4v) is 10.2. The number of aromatic nitrogens is 3. The first-order chi connectivity index (χ1) is 32.8. The van der Waals surface area contributed by atoms with Crippen molar-refractivity contribution in [3.8, 4) is 56.0 Å². The molecule has 0 aliphatic heterocycles. The van der Waals surface area contributed by atoms with Crippen LogP contribution in [0.4, 0.5) is 0 Å². The summed E-state index contributed by atoms with van der Waals surface area (Å²) in [4.78, 5) is 13.8. The van der Waals surface area contributed by atoms with Crippen LogP contribution in [0.5, 0.6) is 0 Å². The summed E-state index contributed by atoms with van der Waals surface area (Å²) in [6, 6.07) is 63.3. The van der Waals surface area contributed by atoms with Crippen LogP contribution < -0.4 is 5.19 Å². The van der Waals surface area contributed by atoms with Crippen LogP contribution in [0.1, 0.15) is 64.2 Å². The largest absolute Gasteiger partial charge is 0.455 e. The average molecular weight is 1100 g/mol. The molecule has 4 aromatic heterocycles. The molecule has 4 nitrogen and oxygen atoms in total. The summed E-state index contributed by atoms with van der Waals surface area (Å²) in [5.41, 5.74) is 17.0. The van der Waals surface area contributed by atoms with Crippen molar-refractivity contribution in [1.29, 1.82) is 0 Å². The van der Waals surface area contributed by atoms with Crippen molar-refractivity contribution in [2.24, 2.45) is 0 Å². The second-order valence-corrected chi connectivity index (χ2v) is 24.8. The zero-order valence-corrected chi connectivity index (χ0v) is 44.8. The van der Waals surface area contributed by atoms with Gasteiger partial charge in [-0.25, -0.2) is 0 Å². The van der Waals surface area contributed by atoms with Gasteiger partial charge < -0.3 is 4.42 Å². The van der Waals surface area contributed by atoms with Crippen LogP contribution in [0.3, 0.4) is 0 Å². The second kappa shape index (κ2) is 22.2. The number of hydrogen-bond acceptors (Lipinski definition) is 4. The van der Waals surface area contributed by atoms with E-state index in [1.54, 1.807) is 0 Å². The van der Waals surface area contributed by atoms with E-state index in [1.807, 2.05) is 42.7 Å². The van der Waals surface area contributed by atoms with Gasteiger partial charge in [-0.15, -0.1) is 0 Å². The average Bonchev–Trinajstić information content (AvgIpc) is 3.76. The van der Waals surface area contributed by atoms with Gasteiger partial charge in [0.05, 0.1) is 25.2 Å². The first-order valence-electron chi connectivity index (χ1n) is 23.9. The topological polar surface area (TPSA) is 51.8 Å². The number of fused-ring (bicyclic) bond motifs is 3. The van der Waals surface area contributed by atoms with Gasteiger partial charge in [-0.05, 0) is 105 Å². The van der Waals surface area contributed by atoms with Crippen LogP contribution in [-0.2, 0) is 31.9 Å². The standard InChI is InChI=1S/C33H27NO.C17H23NSi.C13H13N.Ir/c1-33(2,3)25-20-28(23-13-8-5-9-14-23)32-29(21-25)26-15-10-16-27(31(26)35-32)30-19-24(17-18-34-30)22-11-6-4-7-12-22;1-13(2)15-11-16(14-9-7-6-8-10-14)18-12-17(15)19(3,4)5;1-2-11-8-9-14-13(10-11)12-6-4-3-5-7-12;/h4-21H,1-3H3;6-13H,1-5H3;3-10H,2H2,1H3;. The third kappa shape index (κ3) is 12.0. The monoisotopic (exact) mass is 1100 g/mol. The molecule has 0 aliphatic carbocycles. The maximum absolute atomic E-state index is 6.70. The molecule has 0 N–H and O–H groups in total. The predicted octanol–water partition coefficient (Wildman–Crippen LogP) is 17.0. The van der Waals surface area contributed by atoms with E-state index in [-0.39, 0.29) is 25.5 Å². The molecule has 0 spiro atoms. The van der Waals surface area contributed by atoms with Crippen molar-refractivity contribution in [3.63, 3.8) is 0 Å². The quantitative estimate of drug-likeness (QED) is 0.142. The van der Waals surface area contributed by atoms with Crippen molar-refractivity contribution in [1.82, 2.24) is 15.0 Å². The first kappa shape index (κ1) is 50.3. The van der Waals surface area contributed by atoms with E-state index in [0.29, 0.717) is 5.92 Å². The van der Waals surface area contributed by atoms with Gasteiger partial charge in [0, 0.05) is 71.7 Å². The van der Waals surface area contributed by atoms with E-state index in [1.165, 1.54) is 38.6 Å². The summed E-state index contributed by atoms with van der Waals surface area (Å²) in [5.74, 6) is 0.548. The fourth-order valence-electron chi connectivity index (χ4n) is 8.56. The van der Waals surface area contributed by atoms with Gasteiger partial charge in [0.15, 0.2) is 0 Å². The van der Waals surface area contributed by atoms with Crippen LogP contribution >= 0.6 is 0 Å². The molecule has 69 heavy (non-hydrogen) atoms. The maximum Gasteiger partial charge on any atom is 0.144 e. The fraction of sp³-hybridized carbons (Fsp3) is 0.190. The molecule has 10 rings (SSSR count). The molecule has 0 unspecified atom stereocenters. The molecule has 10 aromatic rings. The van der Waals surface area contributed by atoms with E-state index >= 15 is 0 Å². The van der Waals surface area contributed by atoms with Crippen molar-refractivity contribution < 1.29 is 24.5 Å². The zero-order chi connectivity index (χ0) is 47.8. The summed E-state index contributed by atoms with van der Waals surface area (Å²) in [5, 5.41) is 3.75. The number of aryl methyl sites for hydroxylation is 1. The van der Waals surface area contributed by atoms with Gasteiger partial charge >= 0.3 is 0 Å². The molecule has 0 saturated heterocycles. The van der Waals surface area contributed by atoms with E-state index < -0.39 is 8.07 Å². The Bertz CT molecular complexity index is 3250. The first-order valence-corrected chi connectivity index (χ1v) is 27.4. The Morgan fingerprint density at radius 1 is 0.493 bits per heavy atom. The molecule has 0 bridgehead atoms. The second-order valence-electron chi connectivity index (χ2n) is 19.8. The molecular weight excluding hydrogens is 1040 g/mol. The number of rotatable bonds is 8. The number of pyridine rings is 3. The van der Waals surface area contributed by atoms with Gasteiger partial charge in [0.2, 0.25) is 0 Å². The Labute approximate surface area is 424 Å². The number of benzene rings is 6. The zero-order valence-electron chi connectivity index (χ0n) is 41.4. The third-order valence-corrected chi connectivity index (χ3v) is 14.5. The molecule has 6 aromatic carbocycles. The Morgan fingerprint density at radius 2 is 1.03 bits per heavy atom. The Morgan fingerprint density at radius 3 is 1.59 bits per heavy atom. The Kier molecular flexibility index (Phi) is 16.2. The van der Waals surface area contributed by atoms with E-state index in [4.69, 9.17) is 14.4 Å². The van der Waals surface area contributed by atoms with E-state index in [9.17, 15) is 0 Å². The number of nitrogens with zero attached hydrogens (tertiary/aromatic N) is 3. The van der Waals surface area contributed by atoms with Crippen LogP contribution in [0.15, 0.2) is 205 Å². The molecule has 4 heterocycles. The summed E-state index contributed by atoms with van der Waals surface area (Å²) in [6.45, 7) is 20.6. The van der Waals surface area contributed by atoms with Crippen LogP contribution in [0.25, 0.3) is 78.0 Å². The van der Waals surface area contributed by atoms with Crippen LogP contribution in [-0.4, -0.2) is 23.0 Å². The van der Waals surface area contributed by atoms with Crippen molar-refractivity contribution in [3.05, 3.63) is 217 Å². The number of para-hydroxylation sites is 1. The smallest absolute Gasteiger partial charge is 0.144 e. The van der Waals surface area contributed by atoms with Crippen LogP contribution in [0, 0.1) is 0 Å². The summed E-state index contributed by atoms with van der Waals surface area (Å²) < 4.78 is 6.70. The van der Waals surface area contributed by atoms with Gasteiger partial charge in [-0.3, -0.25) is 15.0 Å². The number of furan rings is 1. The van der Waals surface area contributed by atoms with Crippen molar-refractivity contribution in [2.75, 3.05) is 0 Å². The summed E-state index contributed by atoms with van der Waals surface area (Å²) >= 11 is 0. The summed E-state index contributed by atoms with van der Waals surface area (Å²) in [7, 11) is -1.33. The molecule has 0 saturated carbocycles. The molecule has 0 amide bonds. The van der Waals surface area contributed by atoms with Gasteiger partial charge in [0.1, 0.15) is 11.2 Å². The van der Waals surface area contributed by atoms with Gasteiger partial charge in [-0.2, -0.15) is 0 Å². The van der Waals surface area contributed by atoms with Gasteiger partial charge in [0.25, 0.3) is 0 Å². The molecular formula is C63H63IrN3OSi. The van der Waals surface area contributed by atoms with E-state index in [2.05, 4.69) is 224 Å². The molecule has 0 atom stereocenters.